The van der Waals surface area contributed by atoms with Crippen molar-refractivity contribution < 1.29 is 9.47 Å². The third kappa shape index (κ3) is 2.67. The molecule has 0 bridgehead atoms. The lowest BCUT2D eigenvalue weighted by Crippen LogP contribution is -2.31. The second-order valence-electron chi connectivity index (χ2n) is 3.83. The van der Waals surface area contributed by atoms with E-state index in [1.165, 1.54) is 0 Å². The Morgan fingerprint density at radius 3 is 3.00 bits per heavy atom. The van der Waals surface area contributed by atoms with Crippen LogP contribution in [0.4, 0.5) is 5.69 Å². The molecule has 16 heavy (non-hydrogen) atoms. The molecule has 0 saturated carbocycles. The highest BCUT2D eigenvalue weighted by Gasteiger charge is 2.11. The van der Waals surface area contributed by atoms with Gasteiger partial charge in [-0.1, -0.05) is 12.1 Å². The summed E-state index contributed by atoms with van der Waals surface area (Å²) in [6.45, 7) is 2.42. The van der Waals surface area contributed by atoms with Gasteiger partial charge < -0.3 is 15.2 Å². The van der Waals surface area contributed by atoms with Crippen LogP contribution in [-0.2, 0) is 4.74 Å². The molecule has 1 aliphatic rings. The molecule has 2 N–H and O–H groups in total. The summed E-state index contributed by atoms with van der Waals surface area (Å²) in [6.07, 6.45) is 1.63. The largest absolute Gasteiger partial charge is 0.492 e. The van der Waals surface area contributed by atoms with Crippen LogP contribution in [-0.4, -0.2) is 31.6 Å². The summed E-state index contributed by atoms with van der Waals surface area (Å²) >= 11 is 0. The zero-order valence-corrected chi connectivity index (χ0v) is 9.35. The molecule has 1 aromatic carbocycles. The number of ether oxygens (including phenoxy) is 2. The lowest BCUT2D eigenvalue weighted by molar-refractivity contribution is 0.104. The summed E-state index contributed by atoms with van der Waals surface area (Å²) in [6, 6.07) is 7.40. The maximum absolute atomic E-state index is 5.76. The lowest BCUT2D eigenvalue weighted by atomic mass is 10.3. The van der Waals surface area contributed by atoms with Crippen LogP contribution >= 0.6 is 0 Å². The molecule has 86 valence electrons. The van der Waals surface area contributed by atoms with Gasteiger partial charge in [0.25, 0.3) is 0 Å². The van der Waals surface area contributed by atoms with Crippen LogP contribution in [0.3, 0.4) is 0 Å². The van der Waals surface area contributed by atoms with Gasteiger partial charge in [0.1, 0.15) is 24.4 Å². The summed E-state index contributed by atoms with van der Waals surface area (Å²) in [5.41, 5.74) is 6.39. The molecular weight excluding hydrogens is 204 g/mol. The maximum atomic E-state index is 5.76. The number of nitrogen functional groups attached to an aromatic ring is 1. The number of hydrogen-bond donors (Lipinski definition) is 1. The van der Waals surface area contributed by atoms with Crippen molar-refractivity contribution in [2.75, 3.05) is 32.5 Å². The van der Waals surface area contributed by atoms with Crippen LogP contribution in [0.5, 0.6) is 5.75 Å². The summed E-state index contributed by atoms with van der Waals surface area (Å²) in [5, 5.41) is 0. The average molecular weight is 220 g/mol. The van der Waals surface area contributed by atoms with Crippen LogP contribution in [0.2, 0.25) is 0 Å². The van der Waals surface area contributed by atoms with E-state index in [1.807, 2.05) is 31.3 Å². The van der Waals surface area contributed by atoms with Crippen molar-refractivity contribution in [2.24, 2.45) is 0 Å². The van der Waals surface area contributed by atoms with Crippen molar-refractivity contribution >= 4 is 5.69 Å². The summed E-state index contributed by atoms with van der Waals surface area (Å²) in [7, 11) is 2.05. The zero-order chi connectivity index (χ0) is 11.4. The Bertz CT molecular complexity index is 390. The highest BCUT2D eigenvalue weighted by atomic mass is 16.5. The van der Waals surface area contributed by atoms with E-state index in [4.69, 9.17) is 15.2 Å². The van der Waals surface area contributed by atoms with Crippen molar-refractivity contribution in [3.05, 3.63) is 36.3 Å². The molecule has 1 aromatic rings. The number of likely N-dealkylation sites (N-methyl/N-ethyl adjacent to an activating group) is 1. The topological polar surface area (TPSA) is 47.7 Å². The van der Waals surface area contributed by atoms with Crippen molar-refractivity contribution in [1.29, 1.82) is 0 Å². The van der Waals surface area contributed by atoms with Crippen molar-refractivity contribution in [1.82, 2.24) is 4.90 Å². The van der Waals surface area contributed by atoms with E-state index < -0.39 is 0 Å². The number of para-hydroxylation sites is 2. The predicted octanol–water partition coefficient (Wildman–Crippen LogP) is 1.45. The fourth-order valence-corrected chi connectivity index (χ4v) is 1.51. The average Bonchev–Trinajstić information content (AvgIpc) is 2.28. The van der Waals surface area contributed by atoms with E-state index in [0.717, 1.165) is 18.8 Å². The third-order valence-electron chi connectivity index (χ3n) is 2.42. The van der Waals surface area contributed by atoms with E-state index in [1.54, 1.807) is 6.26 Å². The van der Waals surface area contributed by atoms with E-state index in [-0.39, 0.29) is 0 Å². The Balaban J connectivity index is 2.00. The summed E-state index contributed by atoms with van der Waals surface area (Å²) in [4.78, 5) is 2.17. The molecule has 1 fully saturated rings. The number of anilines is 1. The first-order valence-corrected chi connectivity index (χ1v) is 5.27. The molecule has 0 amide bonds. The molecule has 0 spiro atoms. The molecule has 1 heterocycles. The normalized spacial score (nSPS) is 19.4. The molecule has 0 unspecified atom stereocenters. The molecule has 0 aliphatic carbocycles. The smallest absolute Gasteiger partial charge is 0.149 e. The van der Waals surface area contributed by atoms with Gasteiger partial charge in [0.15, 0.2) is 0 Å². The Kier molecular flexibility index (Phi) is 3.31. The predicted molar refractivity (Wildman–Crippen MR) is 63.0 cm³/mol. The van der Waals surface area contributed by atoms with Gasteiger partial charge in [-0.3, -0.25) is 4.90 Å². The van der Waals surface area contributed by atoms with Crippen molar-refractivity contribution in [3.8, 4) is 5.75 Å². The van der Waals surface area contributed by atoms with Crippen molar-refractivity contribution in [2.45, 2.75) is 0 Å². The van der Waals surface area contributed by atoms with Gasteiger partial charge in [-0.15, -0.1) is 0 Å². The third-order valence-corrected chi connectivity index (χ3v) is 2.42. The number of nitrogens with two attached hydrogens (primary N) is 1. The molecule has 0 radical (unpaired) electrons. The fourth-order valence-electron chi connectivity index (χ4n) is 1.51. The zero-order valence-electron chi connectivity index (χ0n) is 9.35. The molecule has 1 aliphatic heterocycles. The van der Waals surface area contributed by atoms with Crippen LogP contribution < -0.4 is 10.5 Å². The number of hydrogen-bond acceptors (Lipinski definition) is 4. The van der Waals surface area contributed by atoms with E-state index in [2.05, 4.69) is 4.90 Å². The first-order valence-electron chi connectivity index (χ1n) is 5.27. The van der Waals surface area contributed by atoms with Gasteiger partial charge in [0, 0.05) is 6.54 Å². The first kappa shape index (κ1) is 10.8. The van der Waals surface area contributed by atoms with Gasteiger partial charge in [-0.25, -0.2) is 0 Å². The van der Waals surface area contributed by atoms with Crippen LogP contribution in [0, 0.1) is 0 Å². The number of nitrogens with zero attached hydrogens (tertiary/aromatic N) is 1. The van der Waals surface area contributed by atoms with E-state index in [9.17, 15) is 0 Å². The van der Waals surface area contributed by atoms with E-state index in [0.29, 0.717) is 18.0 Å². The molecule has 0 atom stereocenters. The first-order chi connectivity index (χ1) is 7.75. The minimum atomic E-state index is 0.628. The molecule has 2 rings (SSSR count). The van der Waals surface area contributed by atoms with Crippen LogP contribution in [0.15, 0.2) is 36.3 Å². The molecular formula is C12H16N2O2. The Morgan fingerprint density at radius 2 is 2.25 bits per heavy atom. The quantitative estimate of drug-likeness (QED) is 0.605. The highest BCUT2D eigenvalue weighted by Crippen LogP contribution is 2.20. The Morgan fingerprint density at radius 1 is 1.44 bits per heavy atom. The maximum Gasteiger partial charge on any atom is 0.149 e. The SMILES string of the molecule is CN1CCOC(=COc2ccccc2N)C1. The fraction of sp³-hybridized carbons (Fsp3) is 0.333. The molecule has 4 heteroatoms. The summed E-state index contributed by atoms with van der Waals surface area (Å²) in [5.74, 6) is 1.49. The van der Waals surface area contributed by atoms with Gasteiger partial charge in [-0.2, -0.15) is 0 Å². The van der Waals surface area contributed by atoms with E-state index >= 15 is 0 Å². The monoisotopic (exact) mass is 220 g/mol. The lowest BCUT2D eigenvalue weighted by Gasteiger charge is -2.24. The molecule has 0 aromatic heterocycles. The second-order valence-corrected chi connectivity index (χ2v) is 3.83. The minimum Gasteiger partial charge on any atom is -0.492 e. The Hall–Kier alpha value is -1.68. The van der Waals surface area contributed by atoms with Gasteiger partial charge in [0.05, 0.1) is 12.2 Å². The van der Waals surface area contributed by atoms with Crippen LogP contribution in [0.25, 0.3) is 0 Å². The minimum absolute atomic E-state index is 0.628. The van der Waals surface area contributed by atoms with Gasteiger partial charge >= 0.3 is 0 Å². The molecule has 1 saturated heterocycles. The highest BCUT2D eigenvalue weighted by molar-refractivity contribution is 5.52. The van der Waals surface area contributed by atoms with Crippen molar-refractivity contribution in [3.63, 3.8) is 0 Å². The van der Waals surface area contributed by atoms with Crippen LogP contribution in [0.1, 0.15) is 0 Å². The number of morpholine rings is 1. The van der Waals surface area contributed by atoms with Gasteiger partial charge in [-0.05, 0) is 19.2 Å². The standard InChI is InChI=1S/C12H16N2O2/c1-14-6-7-15-10(8-14)9-16-12-5-3-2-4-11(12)13/h2-5,9H,6-8,13H2,1H3. The second kappa shape index (κ2) is 4.90. The van der Waals surface area contributed by atoms with Gasteiger partial charge in [0.2, 0.25) is 0 Å². The number of rotatable bonds is 2. The molecule has 4 nitrogen and oxygen atoms in total. The summed E-state index contributed by atoms with van der Waals surface area (Å²) < 4.78 is 10.9. The number of benzene rings is 1. The Labute approximate surface area is 95.3 Å².